The summed E-state index contributed by atoms with van der Waals surface area (Å²) in [6.45, 7) is 1.66. The van der Waals surface area contributed by atoms with Crippen molar-refractivity contribution in [2.24, 2.45) is 5.73 Å². The zero-order valence-electron chi connectivity index (χ0n) is 12.2. The highest BCUT2D eigenvalue weighted by molar-refractivity contribution is 5.90. The number of aromatic amines is 1. The van der Waals surface area contributed by atoms with Crippen LogP contribution >= 0.6 is 0 Å². The number of fused-ring (bicyclic) bond motifs is 1. The average Bonchev–Trinajstić information content (AvgIpc) is 2.98. The lowest BCUT2D eigenvalue weighted by Gasteiger charge is -1.99. The maximum absolute atomic E-state index is 11.8. The van der Waals surface area contributed by atoms with E-state index in [9.17, 15) is 22.8 Å². The molecule has 7 nitrogen and oxygen atoms in total. The monoisotopic (exact) mass is 340 g/mol. The second-order valence-corrected chi connectivity index (χ2v) is 4.57. The number of rotatable bonds is 1. The van der Waals surface area contributed by atoms with E-state index < -0.39 is 23.5 Å². The van der Waals surface area contributed by atoms with E-state index in [-0.39, 0.29) is 5.63 Å². The van der Waals surface area contributed by atoms with Gasteiger partial charge in [-0.05, 0) is 12.1 Å². The molecule has 0 unspecified atom stereocenters. The molecule has 3 N–H and O–H groups in total. The number of nitrogens with one attached hydrogen (secondary N) is 1. The predicted octanol–water partition coefficient (Wildman–Crippen LogP) is 2.02. The molecule has 10 heteroatoms. The largest absolute Gasteiger partial charge is 0.432 e. The zero-order chi connectivity index (χ0) is 17.9. The minimum Gasteiger partial charge on any atom is -0.408 e. The molecular weight excluding hydrogens is 329 g/mol. The molecule has 0 aliphatic rings. The first-order valence-electron chi connectivity index (χ1n) is 6.47. The SMILES string of the molecule is Cc1nc2ccccc2c(=O)o1.NC(=O)c1cc(C(F)(F)F)[nH]n1. The normalized spacial score (nSPS) is 11.0. The molecular formula is C14H11F3N4O3. The van der Waals surface area contributed by atoms with Crippen molar-refractivity contribution in [1.82, 2.24) is 15.2 Å². The second-order valence-electron chi connectivity index (χ2n) is 4.57. The molecule has 0 radical (unpaired) electrons. The molecule has 24 heavy (non-hydrogen) atoms. The third kappa shape index (κ3) is 3.97. The van der Waals surface area contributed by atoms with Crippen LogP contribution in [-0.2, 0) is 6.18 Å². The maximum atomic E-state index is 11.8. The number of aromatic nitrogens is 3. The molecule has 0 aliphatic heterocycles. The summed E-state index contributed by atoms with van der Waals surface area (Å²) in [6, 6.07) is 7.68. The molecule has 1 aromatic carbocycles. The summed E-state index contributed by atoms with van der Waals surface area (Å²) in [4.78, 5) is 25.6. The van der Waals surface area contributed by atoms with Crippen molar-refractivity contribution in [3.8, 4) is 0 Å². The Morgan fingerprint density at radius 2 is 1.96 bits per heavy atom. The van der Waals surface area contributed by atoms with Gasteiger partial charge in [0.2, 0.25) is 0 Å². The number of carbonyl (C=O) groups excluding carboxylic acids is 1. The van der Waals surface area contributed by atoms with Gasteiger partial charge in [-0.15, -0.1) is 0 Å². The van der Waals surface area contributed by atoms with Crippen LogP contribution in [0.2, 0.25) is 0 Å². The first kappa shape index (κ1) is 17.2. The lowest BCUT2D eigenvalue weighted by atomic mass is 10.2. The van der Waals surface area contributed by atoms with Gasteiger partial charge in [0.1, 0.15) is 11.4 Å². The summed E-state index contributed by atoms with van der Waals surface area (Å²) < 4.78 is 40.3. The van der Waals surface area contributed by atoms with Crippen LogP contribution in [0.3, 0.4) is 0 Å². The number of alkyl halides is 3. The Morgan fingerprint density at radius 3 is 2.50 bits per heavy atom. The van der Waals surface area contributed by atoms with Crippen molar-refractivity contribution < 1.29 is 22.4 Å². The number of nitrogens with zero attached hydrogens (tertiary/aromatic N) is 2. The van der Waals surface area contributed by atoms with Crippen molar-refractivity contribution in [2.75, 3.05) is 0 Å². The maximum Gasteiger partial charge on any atom is 0.432 e. The fourth-order valence-electron chi connectivity index (χ4n) is 1.72. The smallest absolute Gasteiger partial charge is 0.408 e. The van der Waals surface area contributed by atoms with Gasteiger partial charge in [0.15, 0.2) is 5.89 Å². The third-order valence-corrected chi connectivity index (χ3v) is 2.78. The van der Waals surface area contributed by atoms with Crippen LogP contribution in [0.1, 0.15) is 22.1 Å². The topological polar surface area (TPSA) is 115 Å². The van der Waals surface area contributed by atoms with E-state index in [0.29, 0.717) is 22.9 Å². The van der Waals surface area contributed by atoms with Crippen LogP contribution in [0.15, 0.2) is 39.5 Å². The quantitative estimate of drug-likeness (QED) is 0.703. The van der Waals surface area contributed by atoms with Gasteiger partial charge in [-0.2, -0.15) is 18.3 Å². The van der Waals surface area contributed by atoms with E-state index >= 15 is 0 Å². The van der Waals surface area contributed by atoms with Gasteiger partial charge < -0.3 is 10.2 Å². The fourth-order valence-corrected chi connectivity index (χ4v) is 1.72. The van der Waals surface area contributed by atoms with Crippen molar-refractivity contribution in [2.45, 2.75) is 13.1 Å². The van der Waals surface area contributed by atoms with Gasteiger partial charge >= 0.3 is 11.8 Å². The van der Waals surface area contributed by atoms with E-state index in [1.54, 1.807) is 30.2 Å². The van der Waals surface area contributed by atoms with Crippen LogP contribution in [0.4, 0.5) is 13.2 Å². The summed E-state index contributed by atoms with van der Waals surface area (Å²) in [6.07, 6.45) is -4.53. The number of carbonyl (C=O) groups is 1. The van der Waals surface area contributed by atoms with Gasteiger partial charge in [-0.1, -0.05) is 12.1 Å². The Bertz CT molecular complexity index is 931. The summed E-state index contributed by atoms with van der Waals surface area (Å²) >= 11 is 0. The highest BCUT2D eigenvalue weighted by Gasteiger charge is 2.33. The molecule has 0 spiro atoms. The molecule has 3 aromatic rings. The second kappa shape index (κ2) is 6.52. The number of nitrogens with two attached hydrogens (primary N) is 1. The number of para-hydroxylation sites is 1. The highest BCUT2D eigenvalue weighted by Crippen LogP contribution is 2.27. The molecule has 0 bridgehead atoms. The summed E-state index contributed by atoms with van der Waals surface area (Å²) in [5.41, 5.74) is 3.53. The van der Waals surface area contributed by atoms with E-state index in [1.165, 1.54) is 0 Å². The molecule has 2 heterocycles. The van der Waals surface area contributed by atoms with Crippen molar-refractivity contribution in [3.63, 3.8) is 0 Å². The van der Waals surface area contributed by atoms with Gasteiger partial charge in [0, 0.05) is 13.0 Å². The van der Waals surface area contributed by atoms with Crippen LogP contribution in [-0.4, -0.2) is 21.1 Å². The number of amides is 1. The van der Waals surface area contributed by atoms with Crippen LogP contribution in [0, 0.1) is 6.92 Å². The Hall–Kier alpha value is -3.17. The van der Waals surface area contributed by atoms with Crippen LogP contribution in [0.5, 0.6) is 0 Å². The van der Waals surface area contributed by atoms with E-state index in [4.69, 9.17) is 4.42 Å². The van der Waals surface area contributed by atoms with Crippen LogP contribution in [0.25, 0.3) is 10.9 Å². The third-order valence-electron chi connectivity index (χ3n) is 2.78. The van der Waals surface area contributed by atoms with E-state index in [2.05, 4.69) is 15.8 Å². The number of hydrogen-bond donors (Lipinski definition) is 2. The molecule has 126 valence electrons. The van der Waals surface area contributed by atoms with Gasteiger partial charge in [-0.25, -0.2) is 9.78 Å². The van der Waals surface area contributed by atoms with Crippen molar-refractivity contribution in [1.29, 1.82) is 0 Å². The molecule has 2 aromatic heterocycles. The van der Waals surface area contributed by atoms with Crippen LogP contribution < -0.4 is 11.4 Å². The van der Waals surface area contributed by atoms with Crippen molar-refractivity contribution >= 4 is 16.8 Å². The first-order chi connectivity index (χ1) is 11.2. The number of H-pyrrole nitrogens is 1. The number of primary amides is 1. The lowest BCUT2D eigenvalue weighted by molar-refractivity contribution is -0.141. The summed E-state index contributed by atoms with van der Waals surface area (Å²) in [7, 11) is 0. The highest BCUT2D eigenvalue weighted by atomic mass is 19.4. The predicted molar refractivity (Wildman–Crippen MR) is 77.1 cm³/mol. The summed E-state index contributed by atoms with van der Waals surface area (Å²) in [5.74, 6) is -0.597. The Morgan fingerprint density at radius 1 is 1.29 bits per heavy atom. The van der Waals surface area contributed by atoms with E-state index in [1.807, 2.05) is 6.07 Å². The molecule has 0 aliphatic carbocycles. The molecule has 0 saturated carbocycles. The Labute approximate surface area is 132 Å². The minimum atomic E-state index is -4.53. The van der Waals surface area contributed by atoms with Gasteiger partial charge in [0.25, 0.3) is 5.91 Å². The first-order valence-corrected chi connectivity index (χ1v) is 6.47. The fraction of sp³-hybridized carbons (Fsp3) is 0.143. The Kier molecular flexibility index (Phi) is 4.67. The standard InChI is InChI=1S/C9H7NO2.C5H4F3N3O/c1-6-10-8-5-3-2-4-7(8)9(11)12-6;6-5(7,8)3-1-2(4(9)12)10-11-3/h2-5H,1H3;1H,(H2,9,12)(H,10,11). The molecule has 0 saturated heterocycles. The number of aryl methyl sites for hydroxylation is 1. The van der Waals surface area contributed by atoms with E-state index in [0.717, 1.165) is 0 Å². The lowest BCUT2D eigenvalue weighted by Crippen LogP contribution is -2.11. The Balaban J connectivity index is 0.000000174. The number of hydrogen-bond acceptors (Lipinski definition) is 5. The summed E-state index contributed by atoms with van der Waals surface area (Å²) in [5, 5.41) is 5.24. The molecule has 0 fully saturated rings. The van der Waals surface area contributed by atoms with Gasteiger partial charge in [-0.3, -0.25) is 9.89 Å². The van der Waals surface area contributed by atoms with Gasteiger partial charge in [0.05, 0.1) is 10.9 Å². The molecule has 0 atom stereocenters. The van der Waals surface area contributed by atoms with Crippen molar-refractivity contribution in [3.05, 3.63) is 58.0 Å². The number of halogens is 3. The zero-order valence-corrected chi connectivity index (χ0v) is 12.2. The molecule has 3 rings (SSSR count). The number of benzene rings is 1. The average molecular weight is 340 g/mol. The molecule has 1 amide bonds. The minimum absolute atomic E-state index is 0.321.